The Morgan fingerprint density at radius 1 is 1.14 bits per heavy atom. The summed E-state index contributed by atoms with van der Waals surface area (Å²) in [4.78, 5) is 26.0. The summed E-state index contributed by atoms with van der Waals surface area (Å²) in [5, 5.41) is 5.51. The molecule has 1 saturated heterocycles. The largest absolute Gasteiger partial charge is 0.493 e. The van der Waals surface area contributed by atoms with E-state index in [9.17, 15) is 14.0 Å². The third-order valence-electron chi connectivity index (χ3n) is 4.54. The van der Waals surface area contributed by atoms with E-state index in [0.717, 1.165) is 0 Å². The van der Waals surface area contributed by atoms with Crippen molar-refractivity contribution in [2.45, 2.75) is 6.42 Å². The third-order valence-corrected chi connectivity index (χ3v) is 4.54. The Hall–Kier alpha value is -3.29. The fourth-order valence-corrected chi connectivity index (χ4v) is 3.12. The second-order valence-electron chi connectivity index (χ2n) is 6.46. The summed E-state index contributed by atoms with van der Waals surface area (Å²) in [6.45, 7) is 0.823. The van der Waals surface area contributed by atoms with Gasteiger partial charge in [-0.1, -0.05) is 0 Å². The summed E-state index contributed by atoms with van der Waals surface area (Å²) in [6.07, 6.45) is 0.327. The maximum Gasteiger partial charge on any atom is 0.319 e. The van der Waals surface area contributed by atoms with Crippen LogP contribution in [0.15, 0.2) is 42.5 Å². The number of amides is 3. The van der Waals surface area contributed by atoms with Gasteiger partial charge in [-0.05, 0) is 36.4 Å². The van der Waals surface area contributed by atoms with E-state index in [4.69, 9.17) is 9.47 Å². The molecule has 2 aromatic carbocycles. The number of ether oxygens (including phenoxy) is 2. The molecule has 1 fully saturated rings. The van der Waals surface area contributed by atoms with Crippen LogP contribution >= 0.6 is 0 Å². The summed E-state index contributed by atoms with van der Waals surface area (Å²) in [7, 11) is 3.06. The number of nitrogens with one attached hydrogen (secondary N) is 2. The first kappa shape index (κ1) is 19.5. The zero-order chi connectivity index (χ0) is 20.1. The number of carbonyl (C=O) groups is 2. The number of benzene rings is 2. The van der Waals surface area contributed by atoms with Crippen LogP contribution in [-0.4, -0.2) is 39.2 Å². The Morgan fingerprint density at radius 2 is 1.86 bits per heavy atom. The molecule has 0 saturated carbocycles. The van der Waals surface area contributed by atoms with Gasteiger partial charge in [0.25, 0.3) is 0 Å². The first-order valence-corrected chi connectivity index (χ1v) is 8.83. The highest BCUT2D eigenvalue weighted by Gasteiger charge is 2.30. The van der Waals surface area contributed by atoms with Gasteiger partial charge in [-0.3, -0.25) is 4.79 Å². The quantitative estimate of drug-likeness (QED) is 0.799. The van der Waals surface area contributed by atoms with Crippen LogP contribution in [0, 0.1) is 11.7 Å². The molecule has 148 valence electrons. The normalized spacial score (nSPS) is 16.0. The maximum atomic E-state index is 13.1. The number of hydrogen-bond acceptors (Lipinski definition) is 4. The molecule has 7 nitrogen and oxygen atoms in total. The van der Waals surface area contributed by atoms with Crippen LogP contribution in [0.4, 0.5) is 20.6 Å². The maximum absolute atomic E-state index is 13.1. The van der Waals surface area contributed by atoms with Crippen LogP contribution in [0.2, 0.25) is 0 Å². The van der Waals surface area contributed by atoms with Crippen molar-refractivity contribution in [1.82, 2.24) is 5.32 Å². The Balaban J connectivity index is 1.52. The van der Waals surface area contributed by atoms with E-state index in [-0.39, 0.29) is 23.7 Å². The molecule has 2 aromatic rings. The molecule has 3 amide bonds. The highest BCUT2D eigenvalue weighted by molar-refractivity contribution is 5.96. The number of anilines is 2. The van der Waals surface area contributed by atoms with Crippen molar-refractivity contribution < 1.29 is 23.5 Å². The molecule has 1 aliphatic rings. The lowest BCUT2D eigenvalue weighted by molar-refractivity contribution is -0.117. The molecule has 1 aliphatic heterocycles. The molecule has 0 unspecified atom stereocenters. The van der Waals surface area contributed by atoms with Crippen molar-refractivity contribution in [1.29, 1.82) is 0 Å². The average molecular weight is 387 g/mol. The van der Waals surface area contributed by atoms with Crippen LogP contribution in [-0.2, 0) is 4.79 Å². The number of carbonyl (C=O) groups excluding carboxylic acids is 2. The van der Waals surface area contributed by atoms with Gasteiger partial charge in [0.15, 0.2) is 11.5 Å². The Morgan fingerprint density at radius 3 is 2.54 bits per heavy atom. The molecule has 3 rings (SSSR count). The van der Waals surface area contributed by atoms with Gasteiger partial charge in [-0.25, -0.2) is 9.18 Å². The van der Waals surface area contributed by atoms with Gasteiger partial charge in [-0.2, -0.15) is 0 Å². The van der Waals surface area contributed by atoms with E-state index in [0.29, 0.717) is 42.4 Å². The van der Waals surface area contributed by atoms with E-state index in [1.165, 1.54) is 26.4 Å². The van der Waals surface area contributed by atoms with E-state index in [1.807, 2.05) is 0 Å². The van der Waals surface area contributed by atoms with Gasteiger partial charge in [0.1, 0.15) is 5.82 Å². The minimum atomic E-state index is -0.375. The van der Waals surface area contributed by atoms with Crippen molar-refractivity contribution in [3.05, 3.63) is 48.3 Å². The number of halogens is 1. The van der Waals surface area contributed by atoms with Crippen molar-refractivity contribution in [3.63, 3.8) is 0 Å². The molecule has 2 N–H and O–H groups in total. The van der Waals surface area contributed by atoms with Crippen LogP contribution in [0.1, 0.15) is 6.42 Å². The van der Waals surface area contributed by atoms with Crippen LogP contribution in [0.3, 0.4) is 0 Å². The predicted octanol–water partition coefficient (Wildman–Crippen LogP) is 3.02. The van der Waals surface area contributed by atoms with E-state index in [1.54, 1.807) is 35.2 Å². The van der Waals surface area contributed by atoms with Gasteiger partial charge in [0.2, 0.25) is 5.91 Å². The second kappa shape index (κ2) is 8.60. The molecular weight excluding hydrogens is 365 g/mol. The molecule has 28 heavy (non-hydrogen) atoms. The summed E-state index contributed by atoms with van der Waals surface area (Å²) in [6, 6.07) is 10.5. The van der Waals surface area contributed by atoms with Crippen LogP contribution in [0.25, 0.3) is 0 Å². The molecular formula is C20H22FN3O4. The highest BCUT2D eigenvalue weighted by atomic mass is 19.1. The van der Waals surface area contributed by atoms with E-state index < -0.39 is 0 Å². The minimum absolute atomic E-state index is 0.0197. The number of hydrogen-bond donors (Lipinski definition) is 2. The first-order chi connectivity index (χ1) is 13.5. The predicted molar refractivity (Wildman–Crippen MR) is 103 cm³/mol. The number of rotatable bonds is 6. The third kappa shape index (κ3) is 4.51. The summed E-state index contributed by atoms with van der Waals surface area (Å²) >= 11 is 0. The zero-order valence-corrected chi connectivity index (χ0v) is 15.7. The fourth-order valence-electron chi connectivity index (χ4n) is 3.12. The van der Waals surface area contributed by atoms with Gasteiger partial charge in [0.05, 0.1) is 14.2 Å². The number of nitrogens with zero attached hydrogens (tertiary/aromatic N) is 1. The van der Waals surface area contributed by atoms with Crippen molar-refractivity contribution >= 4 is 23.3 Å². The smallest absolute Gasteiger partial charge is 0.319 e. The minimum Gasteiger partial charge on any atom is -0.493 e. The second-order valence-corrected chi connectivity index (χ2v) is 6.46. The summed E-state index contributed by atoms with van der Waals surface area (Å²) in [5.74, 6) is 0.670. The summed E-state index contributed by atoms with van der Waals surface area (Å²) < 4.78 is 23.4. The fraction of sp³-hybridized carbons (Fsp3) is 0.300. The first-order valence-electron chi connectivity index (χ1n) is 8.83. The van der Waals surface area contributed by atoms with Crippen LogP contribution < -0.4 is 25.0 Å². The molecule has 0 aromatic heterocycles. The standard InChI is InChI=1S/C20H22FN3O4/c1-27-17-8-5-15(10-18(17)28-2)23-20(26)22-11-13-9-19(25)24(12-13)16-6-3-14(21)4-7-16/h3-8,10,13H,9,11-12H2,1-2H3,(H2,22,23,26)/t13-/m0/s1. The van der Waals surface area contributed by atoms with Gasteiger partial charge >= 0.3 is 6.03 Å². The van der Waals surface area contributed by atoms with Gasteiger partial charge in [0, 0.05) is 42.9 Å². The molecule has 0 spiro atoms. The molecule has 1 heterocycles. The van der Waals surface area contributed by atoms with E-state index in [2.05, 4.69) is 10.6 Å². The average Bonchev–Trinajstić information content (AvgIpc) is 3.07. The lowest BCUT2D eigenvalue weighted by atomic mass is 10.1. The Labute approximate surface area is 162 Å². The Kier molecular flexibility index (Phi) is 5.98. The Bertz CT molecular complexity index is 857. The van der Waals surface area contributed by atoms with Gasteiger partial charge < -0.3 is 25.0 Å². The van der Waals surface area contributed by atoms with Crippen molar-refractivity contribution in [3.8, 4) is 11.5 Å². The number of methoxy groups -OCH3 is 2. The monoisotopic (exact) mass is 387 g/mol. The molecule has 0 aliphatic carbocycles. The van der Waals surface area contributed by atoms with Gasteiger partial charge in [-0.15, -0.1) is 0 Å². The lowest BCUT2D eigenvalue weighted by Crippen LogP contribution is -2.34. The van der Waals surface area contributed by atoms with Crippen LogP contribution in [0.5, 0.6) is 11.5 Å². The highest BCUT2D eigenvalue weighted by Crippen LogP contribution is 2.29. The topological polar surface area (TPSA) is 79.9 Å². The van der Waals surface area contributed by atoms with E-state index >= 15 is 0 Å². The van der Waals surface area contributed by atoms with Crippen molar-refractivity contribution in [2.24, 2.45) is 5.92 Å². The zero-order valence-electron chi connectivity index (χ0n) is 15.7. The summed E-state index contributed by atoms with van der Waals surface area (Å²) in [5.41, 5.74) is 1.22. The molecule has 0 radical (unpaired) electrons. The number of urea groups is 1. The molecule has 8 heteroatoms. The molecule has 1 atom stereocenters. The van der Waals surface area contributed by atoms with Crippen molar-refractivity contribution in [2.75, 3.05) is 37.5 Å². The SMILES string of the molecule is COc1ccc(NC(=O)NC[C@@H]2CC(=O)N(c3ccc(F)cc3)C2)cc1OC. The molecule has 0 bridgehead atoms. The lowest BCUT2D eigenvalue weighted by Gasteiger charge is -2.17.